The molecule has 0 aliphatic heterocycles. The Labute approximate surface area is 118 Å². The summed E-state index contributed by atoms with van der Waals surface area (Å²) in [4.78, 5) is 4.35. The second-order valence-corrected chi connectivity index (χ2v) is 4.51. The van der Waals surface area contributed by atoms with E-state index in [1.807, 2.05) is 36.4 Å². The summed E-state index contributed by atoms with van der Waals surface area (Å²) < 4.78 is 0. The minimum Gasteiger partial charge on any atom is -0.369 e. The van der Waals surface area contributed by atoms with Crippen LogP contribution in [0, 0.1) is 12.3 Å². The molecule has 19 heavy (non-hydrogen) atoms. The molecule has 2 nitrogen and oxygen atoms in total. The van der Waals surface area contributed by atoms with Crippen molar-refractivity contribution >= 4 is 12.4 Å². The van der Waals surface area contributed by atoms with Crippen LogP contribution in [-0.2, 0) is 18.4 Å². The number of terminal acetylenes is 1. The van der Waals surface area contributed by atoms with Crippen molar-refractivity contribution in [2.75, 3.05) is 0 Å². The number of fused-ring (bicyclic) bond motifs is 2. The highest BCUT2D eigenvalue weighted by molar-refractivity contribution is 5.85. The minimum atomic E-state index is -1.36. The lowest BCUT2D eigenvalue weighted by molar-refractivity contribution is 0.144. The maximum atomic E-state index is 10.9. The predicted octanol–water partition coefficient (Wildman–Crippen LogP) is 2.47. The fourth-order valence-electron chi connectivity index (χ4n) is 2.61. The van der Waals surface area contributed by atoms with Gasteiger partial charge in [0.25, 0.3) is 0 Å². The van der Waals surface area contributed by atoms with Gasteiger partial charge in [0.15, 0.2) is 5.60 Å². The number of aromatic nitrogens is 1. The van der Waals surface area contributed by atoms with Gasteiger partial charge in [-0.25, -0.2) is 0 Å². The summed E-state index contributed by atoms with van der Waals surface area (Å²) in [6.07, 6.45) is 9.00. The summed E-state index contributed by atoms with van der Waals surface area (Å²) in [6, 6.07) is 11.5. The van der Waals surface area contributed by atoms with E-state index < -0.39 is 5.60 Å². The Morgan fingerprint density at radius 1 is 1.11 bits per heavy atom. The molecule has 1 N–H and O–H groups in total. The van der Waals surface area contributed by atoms with Gasteiger partial charge >= 0.3 is 0 Å². The first kappa shape index (κ1) is 13.6. The van der Waals surface area contributed by atoms with Gasteiger partial charge < -0.3 is 5.11 Å². The van der Waals surface area contributed by atoms with E-state index in [4.69, 9.17) is 6.42 Å². The van der Waals surface area contributed by atoms with Gasteiger partial charge in [-0.3, -0.25) is 4.98 Å². The van der Waals surface area contributed by atoms with Crippen molar-refractivity contribution in [3.63, 3.8) is 0 Å². The standard InChI is InChI=1S/C16H13NO.ClH/c1-2-16(18)13-7-4-3-6-12(13)9-10-15-14(16)8-5-11-17-15;/h1,3-8,11,18H,9-10H2;1H. The Hall–Kier alpha value is -1.82. The van der Waals surface area contributed by atoms with Crippen LogP contribution in [0.15, 0.2) is 42.6 Å². The first-order chi connectivity index (χ1) is 8.75. The summed E-state index contributed by atoms with van der Waals surface area (Å²) in [6.45, 7) is 0. The number of aryl methyl sites for hydroxylation is 2. The van der Waals surface area contributed by atoms with Crippen molar-refractivity contribution in [2.24, 2.45) is 0 Å². The fraction of sp³-hybridized carbons (Fsp3) is 0.188. The number of rotatable bonds is 0. The number of halogens is 1. The number of nitrogens with zero attached hydrogens (tertiary/aromatic N) is 1. The lowest BCUT2D eigenvalue weighted by Gasteiger charge is -2.24. The molecule has 0 radical (unpaired) electrons. The van der Waals surface area contributed by atoms with E-state index in [9.17, 15) is 5.11 Å². The molecule has 1 aromatic heterocycles. The highest BCUT2D eigenvalue weighted by atomic mass is 35.5. The largest absolute Gasteiger partial charge is 0.369 e. The van der Waals surface area contributed by atoms with Crippen LogP contribution in [0.1, 0.15) is 22.4 Å². The molecule has 2 aromatic rings. The van der Waals surface area contributed by atoms with Crippen LogP contribution < -0.4 is 0 Å². The van der Waals surface area contributed by atoms with Gasteiger partial charge in [-0.1, -0.05) is 36.3 Å². The SMILES string of the molecule is C#CC1(O)c2ccccc2CCc2ncccc21.Cl. The van der Waals surface area contributed by atoms with Crippen LogP contribution in [0.2, 0.25) is 0 Å². The molecule has 0 saturated heterocycles. The highest BCUT2D eigenvalue weighted by Gasteiger charge is 2.35. The van der Waals surface area contributed by atoms with Gasteiger partial charge in [0.2, 0.25) is 0 Å². The zero-order valence-electron chi connectivity index (χ0n) is 10.3. The number of hydrogen-bond donors (Lipinski definition) is 1. The van der Waals surface area contributed by atoms with Gasteiger partial charge in [-0.05, 0) is 24.5 Å². The highest BCUT2D eigenvalue weighted by Crippen LogP contribution is 2.36. The molecule has 1 aliphatic rings. The number of pyridine rings is 1. The van der Waals surface area contributed by atoms with Crippen molar-refractivity contribution in [2.45, 2.75) is 18.4 Å². The third-order valence-corrected chi connectivity index (χ3v) is 3.53. The van der Waals surface area contributed by atoms with E-state index in [0.29, 0.717) is 0 Å². The number of hydrogen-bond acceptors (Lipinski definition) is 2. The minimum absolute atomic E-state index is 0. The number of benzene rings is 1. The first-order valence-electron chi connectivity index (χ1n) is 5.98. The topological polar surface area (TPSA) is 33.1 Å². The molecule has 1 heterocycles. The number of aliphatic hydroxyl groups is 1. The van der Waals surface area contributed by atoms with E-state index in [-0.39, 0.29) is 12.4 Å². The molecule has 96 valence electrons. The Bertz CT molecular complexity index is 598. The van der Waals surface area contributed by atoms with Gasteiger partial charge in [-0.15, -0.1) is 18.8 Å². The van der Waals surface area contributed by atoms with Crippen LogP contribution >= 0.6 is 12.4 Å². The molecule has 0 saturated carbocycles. The first-order valence-corrected chi connectivity index (χ1v) is 5.98. The lowest BCUT2D eigenvalue weighted by Crippen LogP contribution is -2.26. The summed E-state index contributed by atoms with van der Waals surface area (Å²) >= 11 is 0. The van der Waals surface area contributed by atoms with E-state index in [1.54, 1.807) is 6.20 Å². The van der Waals surface area contributed by atoms with Gasteiger partial charge in [0.05, 0.1) is 0 Å². The summed E-state index contributed by atoms with van der Waals surface area (Å²) in [5.41, 5.74) is 2.15. The van der Waals surface area contributed by atoms with Crippen molar-refractivity contribution < 1.29 is 5.11 Å². The molecule has 1 aliphatic carbocycles. The molecule has 0 amide bonds. The lowest BCUT2D eigenvalue weighted by atomic mass is 9.85. The molecule has 1 aromatic carbocycles. The van der Waals surface area contributed by atoms with Gasteiger partial charge in [-0.2, -0.15) is 0 Å². The second kappa shape index (κ2) is 5.05. The van der Waals surface area contributed by atoms with E-state index in [0.717, 1.165) is 35.2 Å². The molecule has 1 atom stereocenters. The van der Waals surface area contributed by atoms with Gasteiger partial charge in [0, 0.05) is 23.0 Å². The predicted molar refractivity (Wildman–Crippen MR) is 77.2 cm³/mol. The maximum absolute atomic E-state index is 10.9. The van der Waals surface area contributed by atoms with Crippen LogP contribution in [0.4, 0.5) is 0 Å². The molecule has 1 unspecified atom stereocenters. The normalized spacial score (nSPS) is 20.2. The molecule has 0 fully saturated rings. The van der Waals surface area contributed by atoms with Crippen LogP contribution in [0.5, 0.6) is 0 Å². The Kier molecular flexibility index (Phi) is 3.61. The average Bonchev–Trinajstić information content (AvgIpc) is 2.56. The van der Waals surface area contributed by atoms with E-state index >= 15 is 0 Å². The smallest absolute Gasteiger partial charge is 0.178 e. The fourth-order valence-corrected chi connectivity index (χ4v) is 2.61. The quantitative estimate of drug-likeness (QED) is 0.747. The molecule has 0 bridgehead atoms. The summed E-state index contributed by atoms with van der Waals surface area (Å²) in [5, 5.41) is 10.9. The monoisotopic (exact) mass is 271 g/mol. The van der Waals surface area contributed by atoms with E-state index in [1.165, 1.54) is 0 Å². The average molecular weight is 272 g/mol. The zero-order chi connectivity index (χ0) is 12.6. The van der Waals surface area contributed by atoms with Crippen LogP contribution in [0.25, 0.3) is 0 Å². The van der Waals surface area contributed by atoms with Crippen molar-refractivity contribution in [3.05, 3.63) is 65.0 Å². The van der Waals surface area contributed by atoms with Crippen LogP contribution in [0.3, 0.4) is 0 Å². The van der Waals surface area contributed by atoms with E-state index in [2.05, 4.69) is 10.9 Å². The molecular formula is C16H14ClNO. The second-order valence-electron chi connectivity index (χ2n) is 4.51. The Morgan fingerprint density at radius 3 is 2.63 bits per heavy atom. The molecule has 3 heteroatoms. The van der Waals surface area contributed by atoms with Crippen LogP contribution in [-0.4, -0.2) is 10.1 Å². The third-order valence-electron chi connectivity index (χ3n) is 3.53. The van der Waals surface area contributed by atoms with Crippen molar-refractivity contribution in [1.29, 1.82) is 0 Å². The summed E-state index contributed by atoms with van der Waals surface area (Å²) in [5.74, 6) is 2.55. The third kappa shape index (κ3) is 2.02. The van der Waals surface area contributed by atoms with Crippen molar-refractivity contribution in [1.82, 2.24) is 4.98 Å². The molecule has 3 rings (SSSR count). The molecule has 0 spiro atoms. The zero-order valence-corrected chi connectivity index (χ0v) is 11.2. The maximum Gasteiger partial charge on any atom is 0.178 e. The van der Waals surface area contributed by atoms with Crippen molar-refractivity contribution in [3.8, 4) is 12.3 Å². The molecular weight excluding hydrogens is 258 g/mol. The Morgan fingerprint density at radius 2 is 1.84 bits per heavy atom. The summed E-state index contributed by atoms with van der Waals surface area (Å²) in [7, 11) is 0. The van der Waals surface area contributed by atoms with Gasteiger partial charge in [0.1, 0.15) is 0 Å². The Balaban J connectivity index is 0.00000133.